The number of para-hydroxylation sites is 1. The van der Waals surface area contributed by atoms with Crippen LogP contribution >= 0.6 is 0 Å². The fraction of sp³-hybridized carbons (Fsp3) is 0.500. The fourth-order valence-electron chi connectivity index (χ4n) is 3.13. The first kappa shape index (κ1) is 20.0. The average molecular weight is 361 g/mol. The highest BCUT2D eigenvalue weighted by Crippen LogP contribution is 2.27. The maximum Gasteiger partial charge on any atom is 0.375 e. The number of rotatable bonds is 7. The molecule has 26 heavy (non-hydrogen) atoms. The van der Waals surface area contributed by atoms with E-state index in [4.69, 9.17) is 13.9 Å². The third-order valence-corrected chi connectivity index (χ3v) is 4.17. The molecule has 6 heteroatoms. The quantitative estimate of drug-likeness (QED) is 0.702. The minimum absolute atomic E-state index is 0.0129. The number of amides is 1. The van der Waals surface area contributed by atoms with E-state index < -0.39 is 12.1 Å². The number of furan rings is 1. The first-order valence-electron chi connectivity index (χ1n) is 8.80. The molecule has 0 aliphatic heterocycles. The van der Waals surface area contributed by atoms with E-state index in [0.29, 0.717) is 11.1 Å². The van der Waals surface area contributed by atoms with Gasteiger partial charge in [-0.15, -0.1) is 0 Å². The molecule has 6 nitrogen and oxygen atoms in total. The van der Waals surface area contributed by atoms with Crippen molar-refractivity contribution in [1.29, 1.82) is 0 Å². The van der Waals surface area contributed by atoms with Gasteiger partial charge in [-0.25, -0.2) is 4.79 Å². The van der Waals surface area contributed by atoms with E-state index in [9.17, 15) is 9.59 Å². The molecule has 0 radical (unpaired) electrons. The Bertz CT molecular complexity index is 770. The van der Waals surface area contributed by atoms with Crippen molar-refractivity contribution in [3.8, 4) is 0 Å². The van der Waals surface area contributed by atoms with Crippen LogP contribution < -0.4 is 0 Å². The number of carbonyl (C=O) groups excluding carboxylic acids is 2. The molecule has 0 saturated heterocycles. The number of benzene rings is 1. The molecule has 0 fully saturated rings. The molecule has 0 bridgehead atoms. The smallest absolute Gasteiger partial charge is 0.375 e. The van der Waals surface area contributed by atoms with Crippen molar-refractivity contribution < 1.29 is 23.5 Å². The van der Waals surface area contributed by atoms with E-state index >= 15 is 0 Å². The second-order valence-electron chi connectivity index (χ2n) is 6.82. The van der Waals surface area contributed by atoms with Gasteiger partial charge in [0.05, 0.1) is 6.61 Å². The van der Waals surface area contributed by atoms with Gasteiger partial charge in [0.1, 0.15) is 5.58 Å². The summed E-state index contributed by atoms with van der Waals surface area (Å²) in [7, 11) is 1.55. The number of esters is 1. The molecular weight excluding hydrogens is 334 g/mol. The number of hydrogen-bond donors (Lipinski definition) is 0. The number of nitrogens with zero attached hydrogens (tertiary/aromatic N) is 1. The highest BCUT2D eigenvalue weighted by Gasteiger charge is 2.30. The van der Waals surface area contributed by atoms with Crippen molar-refractivity contribution >= 4 is 22.8 Å². The fourth-order valence-corrected chi connectivity index (χ4v) is 3.13. The normalized spacial score (nSPS) is 12.6. The Morgan fingerprint density at radius 3 is 2.27 bits per heavy atom. The predicted octanol–water partition coefficient (Wildman–Crippen LogP) is 3.77. The molecule has 2 rings (SSSR count). The Morgan fingerprint density at radius 2 is 1.69 bits per heavy atom. The van der Waals surface area contributed by atoms with Crippen molar-refractivity contribution in [2.45, 2.75) is 59.4 Å². The summed E-state index contributed by atoms with van der Waals surface area (Å²) in [5.41, 5.74) is 1.20. The Morgan fingerprint density at radius 1 is 1.08 bits per heavy atom. The highest BCUT2D eigenvalue weighted by atomic mass is 16.6. The SMILES string of the molecule is COCc1c(C(=O)O[C@@H](C)C(=O)N(C(C)C)C(C)C)oc2ccccc12. The first-order valence-corrected chi connectivity index (χ1v) is 8.80. The monoisotopic (exact) mass is 361 g/mol. The molecule has 0 N–H and O–H groups in total. The summed E-state index contributed by atoms with van der Waals surface area (Å²) in [6.45, 7) is 9.53. The average Bonchev–Trinajstić information content (AvgIpc) is 2.93. The predicted molar refractivity (Wildman–Crippen MR) is 98.9 cm³/mol. The lowest BCUT2D eigenvalue weighted by atomic mass is 10.1. The summed E-state index contributed by atoms with van der Waals surface area (Å²) in [6.07, 6.45) is -0.907. The van der Waals surface area contributed by atoms with Gasteiger partial charge in [-0.1, -0.05) is 18.2 Å². The van der Waals surface area contributed by atoms with Crippen molar-refractivity contribution in [3.63, 3.8) is 0 Å². The van der Waals surface area contributed by atoms with Gasteiger partial charge >= 0.3 is 5.97 Å². The van der Waals surface area contributed by atoms with Gasteiger partial charge in [0.15, 0.2) is 6.10 Å². The molecule has 0 unspecified atom stereocenters. The minimum atomic E-state index is -0.907. The summed E-state index contributed by atoms with van der Waals surface area (Å²) in [6, 6.07) is 7.35. The van der Waals surface area contributed by atoms with Crippen LogP contribution in [0, 0.1) is 0 Å². The van der Waals surface area contributed by atoms with E-state index in [1.165, 1.54) is 0 Å². The molecule has 1 aromatic heterocycles. The van der Waals surface area contributed by atoms with Crippen molar-refractivity contribution in [3.05, 3.63) is 35.6 Å². The number of ether oxygens (including phenoxy) is 2. The zero-order chi connectivity index (χ0) is 19.4. The van der Waals surface area contributed by atoms with E-state index in [2.05, 4.69) is 0 Å². The summed E-state index contributed by atoms with van der Waals surface area (Å²) in [4.78, 5) is 27.0. The van der Waals surface area contributed by atoms with Gasteiger partial charge in [0.2, 0.25) is 5.76 Å². The minimum Gasteiger partial charge on any atom is -0.449 e. The standard InChI is InChI=1S/C20H27NO5/c1-12(2)21(13(3)4)19(22)14(5)25-20(23)18-16(11-24-6)15-9-7-8-10-17(15)26-18/h7-10,12-14H,11H2,1-6H3/t14-/m0/s1. The largest absolute Gasteiger partial charge is 0.449 e. The number of fused-ring (bicyclic) bond motifs is 1. The molecule has 1 aromatic carbocycles. The van der Waals surface area contributed by atoms with Gasteiger partial charge in [-0.05, 0) is 40.7 Å². The molecular formula is C20H27NO5. The second kappa shape index (κ2) is 8.36. The van der Waals surface area contributed by atoms with Crippen molar-refractivity contribution in [2.24, 2.45) is 0 Å². The lowest BCUT2D eigenvalue weighted by Gasteiger charge is -2.32. The Kier molecular flexibility index (Phi) is 6.42. The van der Waals surface area contributed by atoms with Crippen LogP contribution in [-0.2, 0) is 20.9 Å². The Balaban J connectivity index is 2.25. The van der Waals surface area contributed by atoms with Crippen LogP contribution in [0.15, 0.2) is 28.7 Å². The summed E-state index contributed by atoms with van der Waals surface area (Å²) >= 11 is 0. The third kappa shape index (κ3) is 4.07. The van der Waals surface area contributed by atoms with Crippen molar-refractivity contribution in [2.75, 3.05) is 7.11 Å². The molecule has 1 amide bonds. The molecule has 2 aromatic rings. The summed E-state index contributed by atoms with van der Waals surface area (Å²) in [5, 5.41) is 0.797. The van der Waals surface area contributed by atoms with E-state index in [1.807, 2.05) is 45.9 Å². The van der Waals surface area contributed by atoms with Crippen LogP contribution in [-0.4, -0.2) is 42.1 Å². The molecule has 0 aliphatic rings. The maximum absolute atomic E-state index is 12.7. The van der Waals surface area contributed by atoms with Gasteiger partial charge in [0.25, 0.3) is 5.91 Å². The Labute approximate surface area is 154 Å². The molecule has 0 spiro atoms. The highest BCUT2D eigenvalue weighted by molar-refractivity contribution is 5.97. The molecule has 142 valence electrons. The van der Waals surface area contributed by atoms with Gasteiger partial charge in [-0.3, -0.25) is 4.79 Å². The number of methoxy groups -OCH3 is 1. The molecule has 0 saturated carbocycles. The molecule has 1 atom stereocenters. The van der Waals surface area contributed by atoms with Gasteiger partial charge in [-0.2, -0.15) is 0 Å². The topological polar surface area (TPSA) is 69.0 Å². The number of carbonyl (C=O) groups is 2. The first-order chi connectivity index (χ1) is 12.3. The van der Waals surface area contributed by atoms with E-state index in [0.717, 1.165) is 5.39 Å². The van der Waals surface area contributed by atoms with Crippen molar-refractivity contribution in [1.82, 2.24) is 4.90 Å². The Hall–Kier alpha value is -2.34. The van der Waals surface area contributed by atoms with Crippen LogP contribution in [0.5, 0.6) is 0 Å². The second-order valence-corrected chi connectivity index (χ2v) is 6.82. The lowest BCUT2D eigenvalue weighted by molar-refractivity contribution is -0.143. The van der Waals surface area contributed by atoms with E-state index in [-0.39, 0.29) is 30.4 Å². The van der Waals surface area contributed by atoms with Crippen LogP contribution in [0.4, 0.5) is 0 Å². The zero-order valence-corrected chi connectivity index (χ0v) is 16.2. The lowest BCUT2D eigenvalue weighted by Crippen LogP contribution is -2.47. The van der Waals surface area contributed by atoms with Crippen LogP contribution in [0.2, 0.25) is 0 Å². The molecule has 0 aliphatic carbocycles. The summed E-state index contributed by atoms with van der Waals surface area (Å²) in [5.74, 6) is -0.817. The van der Waals surface area contributed by atoms with Crippen LogP contribution in [0.3, 0.4) is 0 Å². The maximum atomic E-state index is 12.7. The number of hydrogen-bond acceptors (Lipinski definition) is 5. The van der Waals surface area contributed by atoms with Gasteiger partial charge in [0, 0.05) is 30.1 Å². The third-order valence-electron chi connectivity index (χ3n) is 4.17. The van der Waals surface area contributed by atoms with Gasteiger partial charge < -0.3 is 18.8 Å². The van der Waals surface area contributed by atoms with Crippen LogP contribution in [0.25, 0.3) is 11.0 Å². The summed E-state index contributed by atoms with van der Waals surface area (Å²) < 4.78 is 16.3. The molecule has 1 heterocycles. The zero-order valence-electron chi connectivity index (χ0n) is 16.2. The van der Waals surface area contributed by atoms with E-state index in [1.54, 1.807) is 25.0 Å². The van der Waals surface area contributed by atoms with Crippen LogP contribution in [0.1, 0.15) is 50.7 Å².